The van der Waals surface area contributed by atoms with Gasteiger partial charge >= 0.3 is 0 Å². The van der Waals surface area contributed by atoms with Crippen molar-refractivity contribution < 1.29 is 9.59 Å². The Balaban J connectivity index is 1.75. The molecule has 8 heteroatoms. The monoisotopic (exact) mass is 489 g/mol. The number of nitriles is 1. The number of benzene rings is 2. The second kappa shape index (κ2) is 9.49. The Bertz CT molecular complexity index is 1030. The van der Waals surface area contributed by atoms with E-state index in [-0.39, 0.29) is 29.9 Å². The molecular formula is C21H17BrClN3O2S. The SMILES string of the molecule is Cc1ccc(C2CC(=O)NC(SCC(=O)Nc3ccc(Br)cc3Cl)=C2C#N)cc1. The lowest BCUT2D eigenvalue weighted by atomic mass is 9.87. The smallest absolute Gasteiger partial charge is 0.234 e. The van der Waals surface area contributed by atoms with E-state index in [0.717, 1.165) is 27.4 Å². The summed E-state index contributed by atoms with van der Waals surface area (Å²) in [5, 5.41) is 16.0. The van der Waals surface area contributed by atoms with Gasteiger partial charge in [0, 0.05) is 16.8 Å². The topological polar surface area (TPSA) is 82.0 Å². The van der Waals surface area contributed by atoms with Crippen LogP contribution in [0.5, 0.6) is 0 Å². The maximum Gasteiger partial charge on any atom is 0.234 e. The summed E-state index contributed by atoms with van der Waals surface area (Å²) in [4.78, 5) is 24.5. The summed E-state index contributed by atoms with van der Waals surface area (Å²) in [6.07, 6.45) is 0.205. The van der Waals surface area contributed by atoms with E-state index in [1.807, 2.05) is 31.2 Å². The van der Waals surface area contributed by atoms with E-state index in [1.54, 1.807) is 18.2 Å². The van der Waals surface area contributed by atoms with Gasteiger partial charge in [-0.3, -0.25) is 9.59 Å². The van der Waals surface area contributed by atoms with Crippen molar-refractivity contribution in [2.75, 3.05) is 11.1 Å². The molecule has 1 heterocycles. The number of anilines is 1. The molecule has 3 rings (SSSR count). The molecule has 5 nitrogen and oxygen atoms in total. The highest BCUT2D eigenvalue weighted by Crippen LogP contribution is 2.36. The van der Waals surface area contributed by atoms with Gasteiger partial charge < -0.3 is 10.6 Å². The zero-order chi connectivity index (χ0) is 21.0. The maximum atomic E-state index is 12.3. The van der Waals surface area contributed by atoms with Gasteiger partial charge in [0.25, 0.3) is 0 Å². The molecule has 2 amide bonds. The zero-order valence-electron chi connectivity index (χ0n) is 15.5. The number of hydrogen-bond acceptors (Lipinski definition) is 4. The fourth-order valence-corrected chi connectivity index (χ4v) is 4.53. The molecule has 0 fully saturated rings. The van der Waals surface area contributed by atoms with Gasteiger partial charge in [-0.05, 0) is 30.7 Å². The van der Waals surface area contributed by atoms with E-state index in [9.17, 15) is 14.9 Å². The summed E-state index contributed by atoms with van der Waals surface area (Å²) in [7, 11) is 0. The van der Waals surface area contributed by atoms with Gasteiger partial charge in [-0.2, -0.15) is 5.26 Å². The van der Waals surface area contributed by atoms with Crippen LogP contribution in [0.1, 0.15) is 23.5 Å². The molecule has 0 bridgehead atoms. The van der Waals surface area contributed by atoms with Crippen LogP contribution in [-0.4, -0.2) is 17.6 Å². The molecule has 0 saturated heterocycles. The molecular weight excluding hydrogens is 474 g/mol. The van der Waals surface area contributed by atoms with E-state index in [4.69, 9.17) is 11.6 Å². The first kappa shape index (κ1) is 21.4. The molecule has 2 N–H and O–H groups in total. The first-order valence-electron chi connectivity index (χ1n) is 8.75. The highest BCUT2D eigenvalue weighted by atomic mass is 79.9. The van der Waals surface area contributed by atoms with Gasteiger partial charge in [-0.25, -0.2) is 0 Å². The Kier molecular flexibility index (Phi) is 7.01. The van der Waals surface area contributed by atoms with Gasteiger partial charge in [0.05, 0.1) is 33.1 Å². The third-order valence-electron chi connectivity index (χ3n) is 4.39. The molecule has 148 valence electrons. The van der Waals surface area contributed by atoms with Crippen LogP contribution in [0.15, 0.2) is 57.5 Å². The van der Waals surface area contributed by atoms with Gasteiger partial charge in [0.15, 0.2) is 0 Å². The van der Waals surface area contributed by atoms with Crippen molar-refractivity contribution in [1.82, 2.24) is 5.32 Å². The van der Waals surface area contributed by atoms with Crippen molar-refractivity contribution in [3.8, 4) is 6.07 Å². The number of halogens is 2. The third kappa shape index (κ3) is 5.41. The van der Waals surface area contributed by atoms with Crippen LogP contribution >= 0.6 is 39.3 Å². The summed E-state index contributed by atoms with van der Waals surface area (Å²) in [6, 6.07) is 15.2. The fourth-order valence-electron chi connectivity index (χ4n) is 2.93. The Morgan fingerprint density at radius 3 is 2.72 bits per heavy atom. The molecule has 0 radical (unpaired) electrons. The number of carbonyl (C=O) groups is 2. The average molecular weight is 491 g/mol. The highest BCUT2D eigenvalue weighted by Gasteiger charge is 2.29. The number of thioether (sulfide) groups is 1. The van der Waals surface area contributed by atoms with Crippen molar-refractivity contribution >= 4 is 56.8 Å². The van der Waals surface area contributed by atoms with Crippen molar-refractivity contribution in [3.63, 3.8) is 0 Å². The lowest BCUT2D eigenvalue weighted by Gasteiger charge is -2.25. The molecule has 1 aliphatic rings. The molecule has 1 atom stereocenters. The first-order valence-corrected chi connectivity index (χ1v) is 10.9. The van der Waals surface area contributed by atoms with Crippen LogP contribution in [0, 0.1) is 18.3 Å². The lowest BCUT2D eigenvalue weighted by molar-refractivity contribution is -0.121. The minimum atomic E-state index is -0.319. The Hall–Kier alpha value is -2.27. The third-order valence-corrected chi connectivity index (χ3v) is 6.21. The normalized spacial score (nSPS) is 16.2. The number of aryl methyl sites for hydroxylation is 1. The van der Waals surface area contributed by atoms with E-state index in [2.05, 4.69) is 32.6 Å². The summed E-state index contributed by atoms with van der Waals surface area (Å²) in [5.41, 5.74) is 2.98. The van der Waals surface area contributed by atoms with E-state index < -0.39 is 0 Å². The van der Waals surface area contributed by atoms with Gasteiger partial charge in [-0.15, -0.1) is 0 Å². The molecule has 29 heavy (non-hydrogen) atoms. The molecule has 2 aromatic carbocycles. The summed E-state index contributed by atoms with van der Waals surface area (Å²) in [5.74, 6) is -0.738. The first-order chi connectivity index (χ1) is 13.9. The zero-order valence-corrected chi connectivity index (χ0v) is 18.6. The molecule has 0 aliphatic carbocycles. The summed E-state index contributed by atoms with van der Waals surface area (Å²) < 4.78 is 0.811. The number of amides is 2. The van der Waals surface area contributed by atoms with Gasteiger partial charge in [-0.1, -0.05) is 69.1 Å². The van der Waals surface area contributed by atoms with Crippen molar-refractivity contribution in [2.45, 2.75) is 19.3 Å². The predicted octanol–water partition coefficient (Wildman–Crippen LogP) is 5.12. The number of rotatable bonds is 5. The second-order valence-corrected chi connectivity index (χ2v) is 8.84. The van der Waals surface area contributed by atoms with E-state index in [1.165, 1.54) is 0 Å². The molecule has 1 unspecified atom stereocenters. The fraction of sp³-hybridized carbons (Fsp3) is 0.190. The quantitative estimate of drug-likeness (QED) is 0.609. The Morgan fingerprint density at radius 1 is 1.34 bits per heavy atom. The van der Waals surface area contributed by atoms with Crippen molar-refractivity contribution in [2.24, 2.45) is 0 Å². The number of allylic oxidation sites excluding steroid dienone is 1. The largest absolute Gasteiger partial charge is 0.324 e. The van der Waals surface area contributed by atoms with Gasteiger partial charge in [0.2, 0.25) is 11.8 Å². The molecule has 1 aliphatic heterocycles. The number of nitrogens with one attached hydrogen (secondary N) is 2. The number of nitrogens with zero attached hydrogens (tertiary/aromatic N) is 1. The van der Waals surface area contributed by atoms with Crippen LogP contribution in [0.4, 0.5) is 5.69 Å². The molecule has 0 saturated carbocycles. The summed E-state index contributed by atoms with van der Waals surface area (Å²) in [6.45, 7) is 1.98. The van der Waals surface area contributed by atoms with E-state index in [0.29, 0.717) is 21.3 Å². The van der Waals surface area contributed by atoms with Crippen LogP contribution in [0.3, 0.4) is 0 Å². The van der Waals surface area contributed by atoms with Crippen LogP contribution < -0.4 is 10.6 Å². The molecule has 0 spiro atoms. The molecule has 2 aromatic rings. The number of carbonyl (C=O) groups excluding carboxylic acids is 2. The van der Waals surface area contributed by atoms with Crippen LogP contribution in [0.2, 0.25) is 5.02 Å². The van der Waals surface area contributed by atoms with Crippen LogP contribution in [-0.2, 0) is 9.59 Å². The second-order valence-electron chi connectivity index (χ2n) is 6.53. The summed E-state index contributed by atoms with van der Waals surface area (Å²) >= 11 is 10.6. The minimum Gasteiger partial charge on any atom is -0.324 e. The lowest BCUT2D eigenvalue weighted by Crippen LogP contribution is -2.31. The maximum absolute atomic E-state index is 12.3. The Morgan fingerprint density at radius 2 is 2.07 bits per heavy atom. The minimum absolute atomic E-state index is 0.0355. The Labute approximate surface area is 186 Å². The average Bonchev–Trinajstić information content (AvgIpc) is 2.68. The highest BCUT2D eigenvalue weighted by molar-refractivity contribution is 9.10. The van der Waals surface area contributed by atoms with Crippen LogP contribution in [0.25, 0.3) is 0 Å². The van der Waals surface area contributed by atoms with Gasteiger partial charge in [0.1, 0.15) is 0 Å². The predicted molar refractivity (Wildman–Crippen MR) is 120 cm³/mol. The molecule has 0 aromatic heterocycles. The number of hydrogen-bond donors (Lipinski definition) is 2. The standard InChI is InChI=1S/C21H17BrClN3O2S/c1-12-2-4-13(5-3-12)15-9-19(27)26-21(16(15)10-24)29-11-20(28)25-18-7-6-14(22)8-17(18)23/h2-8,15H,9,11H2,1H3,(H,25,28)(H,26,27). The van der Waals surface area contributed by atoms with Crippen molar-refractivity contribution in [1.29, 1.82) is 5.26 Å². The van der Waals surface area contributed by atoms with Crippen molar-refractivity contribution in [3.05, 3.63) is 73.7 Å². The van der Waals surface area contributed by atoms with E-state index >= 15 is 0 Å².